The predicted octanol–water partition coefficient (Wildman–Crippen LogP) is 4.64. The zero-order valence-electron chi connectivity index (χ0n) is 12.0. The zero-order chi connectivity index (χ0) is 14.8. The first kappa shape index (κ1) is 13.5. The SMILES string of the molecule is CC(C)c1nc(Nc2ccccc2F)c2ccccc2n1. The third-order valence-corrected chi connectivity index (χ3v) is 3.26. The highest BCUT2D eigenvalue weighted by atomic mass is 19.1. The third-order valence-electron chi connectivity index (χ3n) is 3.26. The highest BCUT2D eigenvalue weighted by Crippen LogP contribution is 2.26. The van der Waals surface area contributed by atoms with Crippen LogP contribution < -0.4 is 5.32 Å². The van der Waals surface area contributed by atoms with Gasteiger partial charge >= 0.3 is 0 Å². The van der Waals surface area contributed by atoms with Gasteiger partial charge in [0.15, 0.2) is 0 Å². The number of nitrogens with zero attached hydrogens (tertiary/aromatic N) is 2. The maximum absolute atomic E-state index is 13.8. The second-order valence-corrected chi connectivity index (χ2v) is 5.21. The lowest BCUT2D eigenvalue weighted by atomic mass is 10.1. The fourth-order valence-corrected chi connectivity index (χ4v) is 2.14. The van der Waals surface area contributed by atoms with Crippen molar-refractivity contribution in [2.75, 3.05) is 5.32 Å². The van der Waals surface area contributed by atoms with Crippen LogP contribution in [0.3, 0.4) is 0 Å². The first-order valence-electron chi connectivity index (χ1n) is 6.93. The smallest absolute Gasteiger partial charge is 0.146 e. The predicted molar refractivity (Wildman–Crippen MR) is 83.3 cm³/mol. The van der Waals surface area contributed by atoms with Crippen LogP contribution in [0, 0.1) is 5.82 Å². The summed E-state index contributed by atoms with van der Waals surface area (Å²) in [6.07, 6.45) is 0. The lowest BCUT2D eigenvalue weighted by Gasteiger charge is -2.12. The number of fused-ring (bicyclic) bond motifs is 1. The van der Waals surface area contributed by atoms with Gasteiger partial charge in [0, 0.05) is 11.3 Å². The molecular weight excluding hydrogens is 265 g/mol. The Balaban J connectivity index is 2.14. The summed E-state index contributed by atoms with van der Waals surface area (Å²) in [6, 6.07) is 14.3. The van der Waals surface area contributed by atoms with Crippen molar-refractivity contribution in [1.29, 1.82) is 0 Å². The van der Waals surface area contributed by atoms with E-state index >= 15 is 0 Å². The molecule has 0 spiro atoms. The second-order valence-electron chi connectivity index (χ2n) is 5.21. The van der Waals surface area contributed by atoms with E-state index in [9.17, 15) is 4.39 Å². The lowest BCUT2D eigenvalue weighted by Crippen LogP contribution is -2.04. The number of hydrogen-bond acceptors (Lipinski definition) is 3. The molecule has 0 fully saturated rings. The molecule has 0 atom stereocenters. The van der Waals surface area contributed by atoms with Crippen LogP contribution >= 0.6 is 0 Å². The molecule has 1 aromatic heterocycles. The molecule has 0 unspecified atom stereocenters. The number of hydrogen-bond donors (Lipinski definition) is 1. The van der Waals surface area contributed by atoms with Gasteiger partial charge in [-0.1, -0.05) is 38.1 Å². The van der Waals surface area contributed by atoms with E-state index in [1.807, 2.05) is 38.1 Å². The van der Waals surface area contributed by atoms with Crippen LogP contribution in [0.1, 0.15) is 25.6 Å². The first-order valence-corrected chi connectivity index (χ1v) is 6.93. The largest absolute Gasteiger partial charge is 0.337 e. The van der Waals surface area contributed by atoms with Crippen LogP contribution in [-0.4, -0.2) is 9.97 Å². The van der Waals surface area contributed by atoms with Gasteiger partial charge < -0.3 is 5.32 Å². The van der Waals surface area contributed by atoms with Crippen LogP contribution in [-0.2, 0) is 0 Å². The van der Waals surface area contributed by atoms with E-state index in [0.29, 0.717) is 11.5 Å². The molecule has 3 aromatic rings. The molecule has 0 amide bonds. The maximum atomic E-state index is 13.8. The Morgan fingerprint density at radius 3 is 2.43 bits per heavy atom. The van der Waals surface area contributed by atoms with Crippen molar-refractivity contribution in [1.82, 2.24) is 9.97 Å². The van der Waals surface area contributed by atoms with Crippen LogP contribution in [0.5, 0.6) is 0 Å². The van der Waals surface area contributed by atoms with Gasteiger partial charge in [-0.2, -0.15) is 0 Å². The molecule has 0 aliphatic carbocycles. The van der Waals surface area contributed by atoms with Crippen molar-refractivity contribution >= 4 is 22.4 Å². The van der Waals surface area contributed by atoms with Gasteiger partial charge in [-0.3, -0.25) is 0 Å². The summed E-state index contributed by atoms with van der Waals surface area (Å²) in [5.41, 5.74) is 1.27. The molecule has 1 heterocycles. The van der Waals surface area contributed by atoms with E-state index in [1.54, 1.807) is 18.2 Å². The summed E-state index contributed by atoms with van der Waals surface area (Å²) in [6.45, 7) is 4.08. The molecule has 3 nitrogen and oxygen atoms in total. The molecule has 0 saturated heterocycles. The van der Waals surface area contributed by atoms with Crippen molar-refractivity contribution in [3.05, 3.63) is 60.2 Å². The van der Waals surface area contributed by atoms with Gasteiger partial charge in [0.05, 0.1) is 11.2 Å². The summed E-state index contributed by atoms with van der Waals surface area (Å²) in [7, 11) is 0. The maximum Gasteiger partial charge on any atom is 0.146 e. The number of para-hydroxylation sites is 2. The minimum Gasteiger partial charge on any atom is -0.337 e. The van der Waals surface area contributed by atoms with Gasteiger partial charge in [0.2, 0.25) is 0 Å². The molecule has 106 valence electrons. The molecule has 1 N–H and O–H groups in total. The number of rotatable bonds is 3. The normalized spacial score (nSPS) is 11.0. The molecule has 0 aliphatic rings. The van der Waals surface area contributed by atoms with E-state index in [1.165, 1.54) is 6.07 Å². The van der Waals surface area contributed by atoms with Gasteiger partial charge in [-0.15, -0.1) is 0 Å². The molecule has 2 aromatic carbocycles. The van der Waals surface area contributed by atoms with Crippen molar-refractivity contribution in [3.63, 3.8) is 0 Å². The average molecular weight is 281 g/mol. The molecule has 4 heteroatoms. The molecule has 0 bridgehead atoms. The quantitative estimate of drug-likeness (QED) is 0.760. The van der Waals surface area contributed by atoms with E-state index in [-0.39, 0.29) is 11.7 Å². The fourth-order valence-electron chi connectivity index (χ4n) is 2.14. The standard InChI is InChI=1S/C17H16FN3/c1-11(2)16-19-14-9-5-3-7-12(14)17(21-16)20-15-10-6-4-8-13(15)18/h3-11H,1-2H3,(H,19,20,21). The van der Waals surface area contributed by atoms with Crippen molar-refractivity contribution in [2.45, 2.75) is 19.8 Å². The fraction of sp³-hybridized carbons (Fsp3) is 0.176. The minimum atomic E-state index is -0.300. The Labute approximate surface area is 122 Å². The second kappa shape index (κ2) is 5.48. The Kier molecular flexibility index (Phi) is 3.52. The number of halogens is 1. The molecule has 21 heavy (non-hydrogen) atoms. The van der Waals surface area contributed by atoms with E-state index in [0.717, 1.165) is 16.7 Å². The Bertz CT molecular complexity index is 784. The van der Waals surface area contributed by atoms with Crippen LogP contribution in [0.25, 0.3) is 10.9 Å². The average Bonchev–Trinajstić information content (AvgIpc) is 2.49. The monoisotopic (exact) mass is 281 g/mol. The van der Waals surface area contributed by atoms with Crippen LogP contribution in [0.2, 0.25) is 0 Å². The van der Waals surface area contributed by atoms with Gasteiger partial charge in [0.25, 0.3) is 0 Å². The third kappa shape index (κ3) is 2.70. The topological polar surface area (TPSA) is 37.8 Å². The summed E-state index contributed by atoms with van der Waals surface area (Å²) in [5.74, 6) is 1.28. The van der Waals surface area contributed by atoms with Crippen molar-refractivity contribution in [3.8, 4) is 0 Å². The van der Waals surface area contributed by atoms with Crippen LogP contribution in [0.4, 0.5) is 15.9 Å². The lowest BCUT2D eigenvalue weighted by molar-refractivity contribution is 0.632. The zero-order valence-corrected chi connectivity index (χ0v) is 12.0. The summed E-state index contributed by atoms with van der Waals surface area (Å²) >= 11 is 0. The van der Waals surface area contributed by atoms with Gasteiger partial charge in [-0.25, -0.2) is 14.4 Å². The van der Waals surface area contributed by atoms with Gasteiger partial charge in [-0.05, 0) is 24.3 Å². The molecule has 0 aliphatic heterocycles. The minimum absolute atomic E-state index is 0.204. The van der Waals surface area contributed by atoms with Crippen molar-refractivity contribution < 1.29 is 4.39 Å². The highest BCUT2D eigenvalue weighted by Gasteiger charge is 2.11. The molecular formula is C17H16FN3. The van der Waals surface area contributed by atoms with Gasteiger partial charge in [0.1, 0.15) is 17.5 Å². The van der Waals surface area contributed by atoms with E-state index in [2.05, 4.69) is 15.3 Å². The van der Waals surface area contributed by atoms with Crippen molar-refractivity contribution in [2.24, 2.45) is 0 Å². The van der Waals surface area contributed by atoms with E-state index in [4.69, 9.17) is 0 Å². The van der Waals surface area contributed by atoms with E-state index < -0.39 is 0 Å². The first-order chi connectivity index (χ1) is 10.1. The number of nitrogens with one attached hydrogen (secondary N) is 1. The Morgan fingerprint density at radius 1 is 0.952 bits per heavy atom. The molecule has 0 saturated carbocycles. The summed E-state index contributed by atoms with van der Waals surface area (Å²) < 4.78 is 13.8. The number of anilines is 2. The Morgan fingerprint density at radius 2 is 1.67 bits per heavy atom. The van der Waals surface area contributed by atoms with Crippen LogP contribution in [0.15, 0.2) is 48.5 Å². The number of aromatic nitrogens is 2. The highest BCUT2D eigenvalue weighted by molar-refractivity contribution is 5.90. The Hall–Kier alpha value is -2.49. The summed E-state index contributed by atoms with van der Waals surface area (Å²) in [5, 5.41) is 3.96. The summed E-state index contributed by atoms with van der Waals surface area (Å²) in [4.78, 5) is 9.10. The molecule has 3 rings (SSSR count). The number of benzene rings is 2. The molecule has 0 radical (unpaired) electrons.